The summed E-state index contributed by atoms with van der Waals surface area (Å²) in [4.78, 5) is 0. The van der Waals surface area contributed by atoms with Gasteiger partial charge in [-0.15, -0.1) is 0 Å². The largest absolute Gasteiger partial charge is 0.330 e. The van der Waals surface area contributed by atoms with Crippen LogP contribution >= 0.6 is 0 Å². The van der Waals surface area contributed by atoms with Gasteiger partial charge in [-0.25, -0.2) is 8.78 Å². The van der Waals surface area contributed by atoms with E-state index in [1.54, 1.807) is 0 Å². The van der Waals surface area contributed by atoms with Gasteiger partial charge in [0, 0.05) is 12.3 Å². The molecule has 0 saturated heterocycles. The van der Waals surface area contributed by atoms with Gasteiger partial charge in [0.15, 0.2) is 0 Å². The number of alkyl halides is 2. The zero-order valence-corrected chi connectivity index (χ0v) is 5.95. The second-order valence-electron chi connectivity index (χ2n) is 2.93. The van der Waals surface area contributed by atoms with Crippen LogP contribution in [0.3, 0.4) is 0 Å². The predicted molar refractivity (Wildman–Crippen MR) is 36.0 cm³/mol. The van der Waals surface area contributed by atoms with Crippen molar-refractivity contribution >= 4 is 0 Å². The van der Waals surface area contributed by atoms with Crippen molar-refractivity contribution in [3.05, 3.63) is 0 Å². The van der Waals surface area contributed by atoms with Gasteiger partial charge in [0.25, 0.3) is 5.92 Å². The molecule has 1 rings (SSSR count). The highest BCUT2D eigenvalue weighted by Gasteiger charge is 2.42. The highest BCUT2D eigenvalue weighted by Crippen LogP contribution is 2.41. The first-order valence-corrected chi connectivity index (χ1v) is 3.74. The Balaban J connectivity index is 2.43. The zero-order valence-electron chi connectivity index (χ0n) is 5.95. The molecule has 0 aromatic carbocycles. The van der Waals surface area contributed by atoms with Crippen LogP contribution < -0.4 is 5.73 Å². The Kier molecular flexibility index (Phi) is 2.24. The van der Waals surface area contributed by atoms with Crippen LogP contribution in [0.1, 0.15) is 25.7 Å². The summed E-state index contributed by atoms with van der Waals surface area (Å²) in [5.41, 5.74) is 5.20. The lowest BCUT2D eigenvalue weighted by Crippen LogP contribution is -2.23. The van der Waals surface area contributed by atoms with Gasteiger partial charge in [-0.2, -0.15) is 0 Å². The van der Waals surface area contributed by atoms with Crippen molar-refractivity contribution in [2.75, 3.05) is 6.54 Å². The van der Waals surface area contributed by atoms with Gasteiger partial charge < -0.3 is 5.73 Å². The summed E-state index contributed by atoms with van der Waals surface area (Å²) >= 11 is 0. The predicted octanol–water partition coefficient (Wildman–Crippen LogP) is 1.77. The van der Waals surface area contributed by atoms with Crippen LogP contribution in [-0.2, 0) is 0 Å². The van der Waals surface area contributed by atoms with E-state index in [0.717, 1.165) is 0 Å². The van der Waals surface area contributed by atoms with Crippen LogP contribution in [0.5, 0.6) is 0 Å². The minimum Gasteiger partial charge on any atom is -0.330 e. The number of hydrogen-bond donors (Lipinski definition) is 1. The molecule has 1 atom stereocenters. The van der Waals surface area contributed by atoms with Gasteiger partial charge >= 0.3 is 0 Å². The number of hydrogen-bond acceptors (Lipinski definition) is 1. The summed E-state index contributed by atoms with van der Waals surface area (Å²) in [6.45, 7) is 0.389. The van der Waals surface area contributed by atoms with Gasteiger partial charge in [-0.3, -0.25) is 0 Å². The molecule has 1 aliphatic rings. The highest BCUT2D eigenvalue weighted by molar-refractivity contribution is 4.83. The Hall–Kier alpha value is -0.180. The average molecular weight is 149 g/mol. The maximum Gasteiger partial charge on any atom is 0.250 e. The van der Waals surface area contributed by atoms with Crippen molar-refractivity contribution in [3.63, 3.8) is 0 Å². The minimum atomic E-state index is -2.42. The van der Waals surface area contributed by atoms with E-state index in [1.165, 1.54) is 0 Å². The van der Waals surface area contributed by atoms with Gasteiger partial charge in [-0.1, -0.05) is 0 Å². The normalized spacial score (nSPS) is 30.9. The number of nitrogens with two attached hydrogens (primary N) is 1. The molecule has 2 N–H and O–H groups in total. The van der Waals surface area contributed by atoms with Crippen molar-refractivity contribution in [1.82, 2.24) is 0 Å². The van der Waals surface area contributed by atoms with E-state index >= 15 is 0 Å². The topological polar surface area (TPSA) is 26.0 Å². The lowest BCUT2D eigenvalue weighted by molar-refractivity contribution is -0.0384. The number of halogens is 2. The van der Waals surface area contributed by atoms with Gasteiger partial charge in [0.05, 0.1) is 0 Å². The lowest BCUT2D eigenvalue weighted by atomic mass is 10.0. The number of rotatable bonds is 2. The summed E-state index contributed by atoms with van der Waals surface area (Å²) in [6.07, 6.45) is 1.87. The molecule has 0 amide bonds. The van der Waals surface area contributed by atoms with E-state index in [1.807, 2.05) is 0 Å². The molecule has 0 radical (unpaired) electrons. The van der Waals surface area contributed by atoms with Crippen molar-refractivity contribution < 1.29 is 8.78 Å². The highest BCUT2D eigenvalue weighted by atomic mass is 19.3. The quantitative estimate of drug-likeness (QED) is 0.636. The molecule has 3 heteroatoms. The standard InChI is InChI=1S/C7H13F2N/c8-7(9)4-1-2-6(7)3-5-10/h6H,1-5,10H2/t6-/m1/s1. The second kappa shape index (κ2) is 2.82. The van der Waals surface area contributed by atoms with E-state index < -0.39 is 11.8 Å². The van der Waals surface area contributed by atoms with Gasteiger partial charge in [0.2, 0.25) is 0 Å². The molecular weight excluding hydrogens is 136 g/mol. The molecular formula is C7H13F2N. The van der Waals surface area contributed by atoms with Crippen LogP contribution in [0.15, 0.2) is 0 Å². The van der Waals surface area contributed by atoms with Crippen LogP contribution in [-0.4, -0.2) is 12.5 Å². The zero-order chi connectivity index (χ0) is 7.61. The lowest BCUT2D eigenvalue weighted by Gasteiger charge is -2.17. The van der Waals surface area contributed by atoms with Gasteiger partial charge in [-0.05, 0) is 25.8 Å². The molecule has 1 aliphatic carbocycles. The van der Waals surface area contributed by atoms with E-state index in [2.05, 4.69) is 0 Å². The molecule has 1 saturated carbocycles. The van der Waals surface area contributed by atoms with Crippen molar-refractivity contribution in [2.45, 2.75) is 31.6 Å². The molecule has 0 aromatic rings. The molecule has 0 bridgehead atoms. The molecule has 0 spiro atoms. The van der Waals surface area contributed by atoms with Gasteiger partial charge in [0.1, 0.15) is 0 Å². The van der Waals surface area contributed by atoms with Crippen LogP contribution in [0, 0.1) is 5.92 Å². The van der Waals surface area contributed by atoms with E-state index in [4.69, 9.17) is 5.73 Å². The van der Waals surface area contributed by atoms with E-state index in [0.29, 0.717) is 25.8 Å². The third-order valence-corrected chi connectivity index (χ3v) is 2.18. The molecule has 0 aliphatic heterocycles. The molecule has 60 valence electrons. The summed E-state index contributed by atoms with van der Waals surface area (Å²) in [5.74, 6) is -2.85. The van der Waals surface area contributed by atoms with Crippen LogP contribution in [0.2, 0.25) is 0 Å². The minimum absolute atomic E-state index is 0.0671. The maximum atomic E-state index is 12.7. The third-order valence-electron chi connectivity index (χ3n) is 2.18. The Morgan fingerprint density at radius 2 is 2.20 bits per heavy atom. The first kappa shape index (κ1) is 7.92. The summed E-state index contributed by atoms with van der Waals surface area (Å²) in [6, 6.07) is 0. The van der Waals surface area contributed by atoms with Crippen LogP contribution in [0.4, 0.5) is 8.78 Å². The fourth-order valence-corrected chi connectivity index (χ4v) is 1.56. The molecule has 1 fully saturated rings. The molecule has 0 unspecified atom stereocenters. The van der Waals surface area contributed by atoms with Crippen molar-refractivity contribution in [1.29, 1.82) is 0 Å². The maximum absolute atomic E-state index is 12.7. The first-order valence-electron chi connectivity index (χ1n) is 3.74. The molecule has 10 heavy (non-hydrogen) atoms. The second-order valence-corrected chi connectivity index (χ2v) is 2.93. The van der Waals surface area contributed by atoms with Crippen LogP contribution in [0.25, 0.3) is 0 Å². The molecule has 1 nitrogen and oxygen atoms in total. The average Bonchev–Trinajstić information content (AvgIpc) is 2.13. The molecule has 0 aromatic heterocycles. The third kappa shape index (κ3) is 1.45. The smallest absolute Gasteiger partial charge is 0.250 e. The Morgan fingerprint density at radius 1 is 1.50 bits per heavy atom. The molecule has 0 heterocycles. The Bertz CT molecular complexity index is 114. The fourth-order valence-electron chi connectivity index (χ4n) is 1.56. The summed E-state index contributed by atoms with van der Waals surface area (Å²) < 4.78 is 25.5. The SMILES string of the molecule is NCC[C@H]1CCCC1(F)F. The fraction of sp³-hybridized carbons (Fsp3) is 1.00. The Labute approximate surface area is 59.6 Å². The van der Waals surface area contributed by atoms with E-state index in [-0.39, 0.29) is 6.42 Å². The summed E-state index contributed by atoms with van der Waals surface area (Å²) in [5, 5.41) is 0. The monoisotopic (exact) mass is 149 g/mol. The van der Waals surface area contributed by atoms with Crippen molar-refractivity contribution in [2.24, 2.45) is 11.7 Å². The van der Waals surface area contributed by atoms with Crippen molar-refractivity contribution in [3.8, 4) is 0 Å². The first-order chi connectivity index (χ1) is 4.67. The Morgan fingerprint density at radius 3 is 2.60 bits per heavy atom. The van der Waals surface area contributed by atoms with E-state index in [9.17, 15) is 8.78 Å². The summed E-state index contributed by atoms with van der Waals surface area (Å²) in [7, 11) is 0.